The Kier molecular flexibility index (Phi) is 7.10. The van der Waals surface area contributed by atoms with Crippen LogP contribution in [0.5, 0.6) is 0 Å². The maximum atomic E-state index is 12.0. The first kappa shape index (κ1) is 25.5. The highest BCUT2D eigenvalue weighted by Gasteiger charge is 2.44. The maximum absolute atomic E-state index is 12.0. The normalized spacial score (nSPS) is 23.0. The smallest absolute Gasteiger partial charge is 0.337 e. The highest BCUT2D eigenvalue weighted by molar-refractivity contribution is 6.36. The number of hydrogen-bond donors (Lipinski definition) is 3. The second-order valence-corrected chi connectivity index (χ2v) is 10.2. The number of hydrogen-bond acceptors (Lipinski definition) is 7. The van der Waals surface area contributed by atoms with Crippen molar-refractivity contribution in [2.45, 2.75) is 75.9 Å². The Bertz CT molecular complexity index is 1340. The summed E-state index contributed by atoms with van der Waals surface area (Å²) >= 11 is 0. The summed E-state index contributed by atoms with van der Waals surface area (Å²) in [4.78, 5) is 17.0. The first-order chi connectivity index (χ1) is 17.8. The van der Waals surface area contributed by atoms with E-state index in [0.717, 1.165) is 31.2 Å². The zero-order chi connectivity index (χ0) is 26.2. The van der Waals surface area contributed by atoms with Gasteiger partial charge in [0.1, 0.15) is 19.3 Å². The van der Waals surface area contributed by atoms with Crippen molar-refractivity contribution in [2.75, 3.05) is 12.3 Å². The maximum Gasteiger partial charge on any atom is 0.337 e. The molecule has 192 valence electrons. The number of nitrogens with two attached hydrogens (primary N) is 1. The largest absolute Gasteiger partial charge is 0.464 e. The number of ether oxygens (including phenoxy) is 1. The van der Waals surface area contributed by atoms with Gasteiger partial charge in [0.15, 0.2) is 11.8 Å². The molecule has 0 saturated heterocycles. The van der Waals surface area contributed by atoms with Gasteiger partial charge < -0.3 is 20.7 Å². The molecule has 0 bridgehead atoms. The molecule has 0 aliphatic heterocycles. The van der Waals surface area contributed by atoms with Crippen LogP contribution in [0.3, 0.4) is 0 Å². The lowest BCUT2D eigenvalue weighted by Crippen LogP contribution is -2.50. The Morgan fingerprint density at radius 2 is 2.00 bits per heavy atom. The van der Waals surface area contributed by atoms with Crippen molar-refractivity contribution in [1.82, 2.24) is 14.6 Å². The predicted octanol–water partition coefficient (Wildman–Crippen LogP) is 2.69. The van der Waals surface area contributed by atoms with Gasteiger partial charge in [-0.25, -0.2) is 9.78 Å². The topological polar surface area (TPSA) is 123 Å². The van der Waals surface area contributed by atoms with Crippen LogP contribution >= 0.6 is 0 Å². The van der Waals surface area contributed by atoms with Gasteiger partial charge in [0.05, 0.1) is 12.8 Å². The molecule has 9 heteroatoms. The van der Waals surface area contributed by atoms with Gasteiger partial charge in [0, 0.05) is 17.2 Å². The van der Waals surface area contributed by atoms with Crippen LogP contribution in [0.2, 0.25) is 0 Å². The Hall–Kier alpha value is -3.17. The third kappa shape index (κ3) is 4.78. The van der Waals surface area contributed by atoms with Crippen LogP contribution in [0.4, 0.5) is 5.82 Å². The number of anilines is 1. The summed E-state index contributed by atoms with van der Waals surface area (Å²) in [6.07, 6.45) is 8.07. The molecule has 1 saturated carbocycles. The number of aliphatic hydroxyl groups is 2. The molecule has 2 aromatic heterocycles. The van der Waals surface area contributed by atoms with Gasteiger partial charge in [-0.1, -0.05) is 30.3 Å². The Balaban J connectivity index is 1.47. The van der Waals surface area contributed by atoms with Crippen molar-refractivity contribution in [3.05, 3.63) is 52.8 Å². The molecule has 4 N–H and O–H groups in total. The summed E-state index contributed by atoms with van der Waals surface area (Å²) in [6.45, 7) is 1.81. The molecule has 1 aromatic carbocycles. The van der Waals surface area contributed by atoms with Crippen molar-refractivity contribution in [3.8, 4) is 0 Å². The number of nitrogens with zero attached hydrogens (tertiary/aromatic N) is 3. The summed E-state index contributed by atoms with van der Waals surface area (Å²) < 4.78 is 6.50. The molecule has 1 atom stereocenters. The summed E-state index contributed by atoms with van der Waals surface area (Å²) in [7, 11) is 6.44. The minimum atomic E-state index is -1.58. The summed E-state index contributed by atoms with van der Waals surface area (Å²) in [5.74, 6) is -0.535. The Morgan fingerprint density at radius 3 is 2.76 bits per heavy atom. The quantitative estimate of drug-likeness (QED) is 0.364. The number of benzene rings is 1. The average Bonchev–Trinajstić information content (AvgIpc) is 3.31. The zero-order valence-electron chi connectivity index (χ0n) is 21.2. The minimum Gasteiger partial charge on any atom is -0.464 e. The van der Waals surface area contributed by atoms with E-state index >= 15 is 0 Å². The number of allylic oxidation sites excluding steroid dienone is 1. The fraction of sp³-hybridized carbons (Fsp3) is 0.464. The van der Waals surface area contributed by atoms with Crippen LogP contribution in [0.1, 0.15) is 80.2 Å². The monoisotopic (exact) mass is 500 g/mol. The number of rotatable bonds is 5. The number of aryl methyl sites for hydroxylation is 1. The van der Waals surface area contributed by atoms with Crippen molar-refractivity contribution >= 4 is 42.4 Å². The Labute approximate surface area is 218 Å². The molecular weight excluding hydrogens is 467 g/mol. The highest BCUT2D eigenvalue weighted by atomic mass is 16.5. The number of nitrogen functional groups attached to an aromatic ring is 1. The number of aromatic nitrogens is 3. The van der Waals surface area contributed by atoms with Crippen LogP contribution in [0, 0.1) is 0 Å². The highest BCUT2D eigenvalue weighted by Crippen LogP contribution is 2.40. The van der Waals surface area contributed by atoms with E-state index in [1.54, 1.807) is 11.4 Å². The number of carbonyl (C=O) groups is 1. The molecule has 3 aromatic rings. The van der Waals surface area contributed by atoms with E-state index in [2.05, 4.69) is 35.4 Å². The van der Waals surface area contributed by atoms with Crippen molar-refractivity contribution in [3.63, 3.8) is 0 Å². The van der Waals surface area contributed by atoms with Crippen LogP contribution in [-0.4, -0.2) is 56.9 Å². The lowest BCUT2D eigenvalue weighted by Gasteiger charge is -2.38. The third-order valence-electron chi connectivity index (χ3n) is 7.88. The number of fused-ring (bicyclic) bond motifs is 2. The molecule has 0 amide bonds. The van der Waals surface area contributed by atoms with Crippen molar-refractivity contribution in [2.24, 2.45) is 0 Å². The lowest BCUT2D eigenvalue weighted by molar-refractivity contribution is -0.173. The van der Waals surface area contributed by atoms with Gasteiger partial charge in [-0.3, -0.25) is 0 Å². The van der Waals surface area contributed by atoms with Crippen LogP contribution < -0.4 is 11.2 Å². The third-order valence-corrected chi connectivity index (χ3v) is 7.88. The molecule has 2 heterocycles. The van der Waals surface area contributed by atoms with Crippen LogP contribution in [0.25, 0.3) is 17.3 Å². The molecule has 1 fully saturated rings. The molecule has 8 nitrogen and oxygen atoms in total. The average molecular weight is 500 g/mol. The van der Waals surface area contributed by atoms with E-state index in [4.69, 9.17) is 23.3 Å². The van der Waals surface area contributed by atoms with Crippen molar-refractivity contribution < 1.29 is 19.7 Å². The summed E-state index contributed by atoms with van der Waals surface area (Å²) in [6, 6.07) is 8.47. The van der Waals surface area contributed by atoms with Gasteiger partial charge in [0.25, 0.3) is 0 Å². The standard InChI is InChI=1S/C28H33BN4O4/c1-2-37-27(35)24(34)28(36)13-11-18(12-14-28)23-22(29)25(30)33-26(32-23)21(16-31-33)20-10-6-4-8-17-7-3-5-9-19(17)15-20/h3,5,7,9,15-16,18,24,34,36H,2,4,6,8,10-14,30H2,1H3. The van der Waals surface area contributed by atoms with Gasteiger partial charge >= 0.3 is 5.97 Å². The second kappa shape index (κ2) is 10.3. The zero-order valence-corrected chi connectivity index (χ0v) is 21.2. The van der Waals surface area contributed by atoms with E-state index in [0.29, 0.717) is 35.5 Å². The van der Waals surface area contributed by atoms with Crippen molar-refractivity contribution in [1.29, 1.82) is 0 Å². The first-order valence-electron chi connectivity index (χ1n) is 13.1. The summed E-state index contributed by atoms with van der Waals surface area (Å²) in [5.41, 5.74) is 11.3. The number of aliphatic hydroxyl groups excluding tert-OH is 1. The molecule has 37 heavy (non-hydrogen) atoms. The SMILES string of the molecule is [B]c1c(C2CCC(O)(C(O)C(=O)OCC)CC2)nc2c(C3=Cc4ccccc4CCCC3)cnn2c1N. The fourth-order valence-corrected chi connectivity index (χ4v) is 5.69. The van der Waals surface area contributed by atoms with E-state index in [1.165, 1.54) is 16.7 Å². The van der Waals surface area contributed by atoms with Gasteiger partial charge in [-0.15, -0.1) is 0 Å². The molecule has 2 aliphatic carbocycles. The van der Waals surface area contributed by atoms with Crippen LogP contribution in [0.15, 0.2) is 30.5 Å². The van der Waals surface area contributed by atoms with E-state index in [9.17, 15) is 15.0 Å². The van der Waals surface area contributed by atoms with Crippen LogP contribution in [-0.2, 0) is 16.0 Å². The molecule has 5 rings (SSSR count). The van der Waals surface area contributed by atoms with E-state index < -0.39 is 17.7 Å². The van der Waals surface area contributed by atoms with E-state index in [-0.39, 0.29) is 25.4 Å². The fourth-order valence-electron chi connectivity index (χ4n) is 5.69. The molecule has 2 radical (unpaired) electrons. The minimum absolute atomic E-state index is 0.0724. The van der Waals surface area contributed by atoms with E-state index in [1.807, 2.05) is 6.20 Å². The number of esters is 1. The van der Waals surface area contributed by atoms with Gasteiger partial charge in [0.2, 0.25) is 0 Å². The molecule has 2 aliphatic rings. The molecular formula is C28H33BN4O4. The Morgan fingerprint density at radius 1 is 1.27 bits per heavy atom. The molecule has 1 unspecified atom stereocenters. The van der Waals surface area contributed by atoms with Gasteiger partial charge in [-0.2, -0.15) is 9.61 Å². The lowest BCUT2D eigenvalue weighted by atomic mass is 9.73. The molecule has 0 spiro atoms. The number of carbonyl (C=O) groups excluding carboxylic acids is 1. The first-order valence-corrected chi connectivity index (χ1v) is 13.1. The second-order valence-electron chi connectivity index (χ2n) is 10.2. The van der Waals surface area contributed by atoms with Gasteiger partial charge in [-0.05, 0) is 80.5 Å². The summed E-state index contributed by atoms with van der Waals surface area (Å²) in [5, 5.41) is 25.9. The predicted molar refractivity (Wildman–Crippen MR) is 143 cm³/mol.